The molecular weight excluding hydrogens is 230 g/mol. The molecule has 1 aliphatic heterocycles. The maximum atomic E-state index is 11.8. The fourth-order valence-corrected chi connectivity index (χ4v) is 2.05. The molecule has 1 aromatic carbocycles. The van der Waals surface area contributed by atoms with Crippen LogP contribution in [0.5, 0.6) is 5.75 Å². The van der Waals surface area contributed by atoms with Crippen molar-refractivity contribution < 1.29 is 14.6 Å². The van der Waals surface area contributed by atoms with Crippen molar-refractivity contribution in [3.63, 3.8) is 0 Å². The minimum absolute atomic E-state index is 0.0482. The van der Waals surface area contributed by atoms with Gasteiger partial charge in [-0.1, -0.05) is 12.1 Å². The molecule has 1 N–H and O–H groups in total. The lowest BCUT2D eigenvalue weighted by Crippen LogP contribution is -2.32. The highest BCUT2D eigenvalue weighted by molar-refractivity contribution is 5.78. The highest BCUT2D eigenvalue weighted by Gasteiger charge is 2.17. The van der Waals surface area contributed by atoms with Crippen molar-refractivity contribution in [3.05, 3.63) is 29.8 Å². The van der Waals surface area contributed by atoms with E-state index in [1.165, 1.54) is 0 Å². The summed E-state index contributed by atoms with van der Waals surface area (Å²) in [5, 5.41) is 9.37. The molecule has 4 heteroatoms. The van der Waals surface area contributed by atoms with Crippen molar-refractivity contribution in [1.29, 1.82) is 0 Å². The number of nitrogens with zero attached hydrogens (tertiary/aromatic N) is 1. The lowest BCUT2D eigenvalue weighted by molar-refractivity contribution is -0.132. The molecular formula is C14H19NO3. The molecule has 2 rings (SSSR count). The van der Waals surface area contributed by atoms with Crippen LogP contribution in [0.3, 0.4) is 0 Å². The van der Waals surface area contributed by atoms with Gasteiger partial charge in [-0.15, -0.1) is 0 Å². The summed E-state index contributed by atoms with van der Waals surface area (Å²) < 4.78 is 5.44. The van der Waals surface area contributed by atoms with Crippen LogP contribution in [0.2, 0.25) is 0 Å². The standard InChI is InChI=1S/C14H19NO3/c1-11(16)12-4-6-13(7-5-12)18-10-14(17)15-8-2-3-9-15/h4-7,11,16H,2-3,8-10H2,1H3/t11-/m1/s1. The Hall–Kier alpha value is -1.55. The number of amides is 1. The van der Waals surface area contributed by atoms with Gasteiger partial charge in [-0.2, -0.15) is 0 Å². The SMILES string of the molecule is C[C@@H](O)c1ccc(OCC(=O)N2CCCC2)cc1. The Morgan fingerprint density at radius 3 is 2.50 bits per heavy atom. The number of ether oxygens (including phenoxy) is 1. The van der Waals surface area contributed by atoms with Gasteiger partial charge in [-0.25, -0.2) is 0 Å². The Kier molecular flexibility index (Phi) is 4.20. The van der Waals surface area contributed by atoms with Crippen LogP contribution < -0.4 is 4.74 Å². The van der Waals surface area contributed by atoms with Gasteiger partial charge in [0.15, 0.2) is 6.61 Å². The summed E-state index contributed by atoms with van der Waals surface area (Å²) in [7, 11) is 0. The van der Waals surface area contributed by atoms with E-state index in [1.54, 1.807) is 31.2 Å². The Balaban J connectivity index is 1.84. The van der Waals surface area contributed by atoms with Crippen LogP contribution in [0.4, 0.5) is 0 Å². The maximum absolute atomic E-state index is 11.8. The van der Waals surface area contributed by atoms with Crippen molar-refractivity contribution in [1.82, 2.24) is 4.90 Å². The van der Waals surface area contributed by atoms with Gasteiger partial charge in [0.1, 0.15) is 5.75 Å². The zero-order valence-corrected chi connectivity index (χ0v) is 10.6. The lowest BCUT2D eigenvalue weighted by Gasteiger charge is -2.15. The van der Waals surface area contributed by atoms with Gasteiger partial charge in [0.25, 0.3) is 5.91 Å². The topological polar surface area (TPSA) is 49.8 Å². The predicted octanol–water partition coefficient (Wildman–Crippen LogP) is 1.74. The van der Waals surface area contributed by atoms with Gasteiger partial charge in [0.05, 0.1) is 6.10 Å². The van der Waals surface area contributed by atoms with E-state index in [4.69, 9.17) is 4.74 Å². The molecule has 4 nitrogen and oxygen atoms in total. The quantitative estimate of drug-likeness (QED) is 0.884. The number of aliphatic hydroxyl groups is 1. The number of carbonyl (C=O) groups excluding carboxylic acids is 1. The fraction of sp³-hybridized carbons (Fsp3) is 0.500. The molecule has 1 amide bonds. The van der Waals surface area contributed by atoms with Gasteiger partial charge in [-0.05, 0) is 37.5 Å². The first-order valence-corrected chi connectivity index (χ1v) is 6.35. The molecule has 0 aliphatic carbocycles. The van der Waals surface area contributed by atoms with Crippen LogP contribution in [0, 0.1) is 0 Å². The van der Waals surface area contributed by atoms with E-state index in [9.17, 15) is 9.90 Å². The third-order valence-electron chi connectivity index (χ3n) is 3.18. The second-order valence-electron chi connectivity index (χ2n) is 4.62. The monoisotopic (exact) mass is 249 g/mol. The first-order chi connectivity index (χ1) is 8.66. The Morgan fingerprint density at radius 2 is 1.94 bits per heavy atom. The summed E-state index contributed by atoms with van der Waals surface area (Å²) in [6.45, 7) is 3.51. The van der Waals surface area contributed by atoms with Crippen LogP contribution in [-0.4, -0.2) is 35.6 Å². The van der Waals surface area contributed by atoms with Gasteiger partial charge in [-0.3, -0.25) is 4.79 Å². The summed E-state index contributed by atoms with van der Waals surface area (Å²) in [6.07, 6.45) is 1.70. The first-order valence-electron chi connectivity index (χ1n) is 6.35. The van der Waals surface area contributed by atoms with Gasteiger partial charge < -0.3 is 14.7 Å². The number of aliphatic hydroxyl groups excluding tert-OH is 1. The molecule has 18 heavy (non-hydrogen) atoms. The highest BCUT2D eigenvalue weighted by Crippen LogP contribution is 2.17. The zero-order valence-electron chi connectivity index (χ0n) is 10.6. The second-order valence-corrected chi connectivity index (χ2v) is 4.62. The van der Waals surface area contributed by atoms with Crippen LogP contribution in [-0.2, 0) is 4.79 Å². The van der Waals surface area contributed by atoms with E-state index in [1.807, 2.05) is 4.90 Å². The van der Waals surface area contributed by atoms with E-state index < -0.39 is 6.10 Å². The molecule has 1 atom stereocenters. The summed E-state index contributed by atoms with van der Waals surface area (Å²) in [4.78, 5) is 13.6. The van der Waals surface area contributed by atoms with Crippen molar-refractivity contribution in [2.45, 2.75) is 25.9 Å². The number of hydrogen-bond donors (Lipinski definition) is 1. The maximum Gasteiger partial charge on any atom is 0.260 e. The van der Waals surface area contributed by atoms with E-state index in [-0.39, 0.29) is 12.5 Å². The molecule has 0 unspecified atom stereocenters. The molecule has 1 fully saturated rings. The summed E-state index contributed by atoms with van der Waals surface area (Å²) in [5.74, 6) is 0.707. The summed E-state index contributed by atoms with van der Waals surface area (Å²) >= 11 is 0. The van der Waals surface area contributed by atoms with E-state index >= 15 is 0 Å². The largest absolute Gasteiger partial charge is 0.484 e. The van der Waals surface area contributed by atoms with Gasteiger partial charge in [0, 0.05) is 13.1 Å². The normalized spacial score (nSPS) is 16.7. The van der Waals surface area contributed by atoms with Crippen LogP contribution >= 0.6 is 0 Å². The van der Waals surface area contributed by atoms with Crippen LogP contribution in [0.1, 0.15) is 31.4 Å². The number of rotatable bonds is 4. The Morgan fingerprint density at radius 1 is 1.33 bits per heavy atom. The Bertz CT molecular complexity index is 394. The third kappa shape index (κ3) is 3.23. The Labute approximate surface area is 107 Å². The summed E-state index contributed by atoms with van der Waals surface area (Å²) in [6, 6.07) is 7.17. The minimum Gasteiger partial charge on any atom is -0.484 e. The second kappa shape index (κ2) is 5.87. The van der Waals surface area contributed by atoms with E-state index in [0.29, 0.717) is 5.75 Å². The summed E-state index contributed by atoms with van der Waals surface area (Å²) in [5.41, 5.74) is 0.841. The average molecular weight is 249 g/mol. The highest BCUT2D eigenvalue weighted by atomic mass is 16.5. The molecule has 98 valence electrons. The van der Waals surface area contributed by atoms with E-state index in [0.717, 1.165) is 31.5 Å². The average Bonchev–Trinajstić information content (AvgIpc) is 2.90. The van der Waals surface area contributed by atoms with Gasteiger partial charge >= 0.3 is 0 Å². The van der Waals surface area contributed by atoms with Crippen molar-refractivity contribution in [3.8, 4) is 5.75 Å². The number of benzene rings is 1. The number of likely N-dealkylation sites (tertiary alicyclic amines) is 1. The third-order valence-corrected chi connectivity index (χ3v) is 3.18. The molecule has 0 bridgehead atoms. The smallest absolute Gasteiger partial charge is 0.260 e. The molecule has 1 saturated heterocycles. The van der Waals surface area contributed by atoms with E-state index in [2.05, 4.69) is 0 Å². The first kappa shape index (κ1) is 12.9. The minimum atomic E-state index is -0.481. The zero-order chi connectivity index (χ0) is 13.0. The van der Waals surface area contributed by atoms with Crippen molar-refractivity contribution in [2.24, 2.45) is 0 Å². The molecule has 0 aromatic heterocycles. The lowest BCUT2D eigenvalue weighted by atomic mass is 10.1. The molecule has 1 aliphatic rings. The molecule has 1 aromatic rings. The fourth-order valence-electron chi connectivity index (χ4n) is 2.05. The molecule has 1 heterocycles. The van der Waals surface area contributed by atoms with Crippen molar-refractivity contribution in [2.75, 3.05) is 19.7 Å². The molecule has 0 saturated carbocycles. The molecule has 0 spiro atoms. The molecule has 0 radical (unpaired) electrons. The number of hydrogen-bond acceptors (Lipinski definition) is 3. The predicted molar refractivity (Wildman–Crippen MR) is 68.4 cm³/mol. The van der Waals surface area contributed by atoms with Crippen LogP contribution in [0.15, 0.2) is 24.3 Å². The number of carbonyl (C=O) groups is 1. The van der Waals surface area contributed by atoms with Crippen molar-refractivity contribution >= 4 is 5.91 Å². The van der Waals surface area contributed by atoms with Gasteiger partial charge in [0.2, 0.25) is 0 Å². The van der Waals surface area contributed by atoms with Crippen LogP contribution in [0.25, 0.3) is 0 Å².